The average Bonchev–Trinajstić information content (AvgIpc) is 3.86. The number of rotatable bonds is 7. The third-order valence-electron chi connectivity index (χ3n) is 12.3. The van der Waals surface area contributed by atoms with Crippen molar-refractivity contribution in [3.05, 3.63) is 237 Å². The largest absolute Gasteiger partial charge is 0.309 e. The number of nitrogens with zero attached hydrogens (tertiary/aromatic N) is 3. The van der Waals surface area contributed by atoms with Crippen LogP contribution in [0, 0.1) is 0 Å². The van der Waals surface area contributed by atoms with Crippen LogP contribution in [0.1, 0.15) is 0 Å². The minimum Gasteiger partial charge on any atom is -0.309 e. The second kappa shape index (κ2) is 14.8. The molecule has 12 rings (SSSR count). The lowest BCUT2D eigenvalue weighted by Crippen LogP contribution is -2.00. The molecule has 3 nitrogen and oxygen atoms in total. The summed E-state index contributed by atoms with van der Waals surface area (Å²) in [6.07, 6.45) is 0. The van der Waals surface area contributed by atoms with E-state index in [1.807, 2.05) is 0 Å². The monoisotopic (exact) mass is 789 g/mol. The lowest BCUT2D eigenvalue weighted by Gasteiger charge is -2.13. The van der Waals surface area contributed by atoms with Gasteiger partial charge in [0.1, 0.15) is 5.82 Å². The van der Waals surface area contributed by atoms with E-state index in [2.05, 4.69) is 246 Å². The molecule has 0 unspecified atom stereocenters. The van der Waals surface area contributed by atoms with Crippen LogP contribution in [0.15, 0.2) is 237 Å². The number of hydrogen-bond donors (Lipinski definition) is 0. The summed E-state index contributed by atoms with van der Waals surface area (Å²) in [5, 5.41) is 4.79. The number of para-hydroxylation sites is 2. The van der Waals surface area contributed by atoms with Gasteiger partial charge in [-0.25, -0.2) is 4.98 Å². The van der Waals surface area contributed by atoms with Crippen LogP contribution in [0.4, 0.5) is 0 Å². The van der Waals surface area contributed by atoms with Crippen molar-refractivity contribution in [1.82, 2.24) is 14.1 Å². The zero-order chi connectivity index (χ0) is 41.0. The summed E-state index contributed by atoms with van der Waals surface area (Å²) < 4.78 is 4.79. The van der Waals surface area contributed by atoms with Crippen LogP contribution in [0.25, 0.3) is 111 Å². The highest BCUT2D eigenvalue weighted by Gasteiger charge is 2.20. The van der Waals surface area contributed by atoms with Crippen LogP contribution < -0.4 is 0 Å². The molecule has 0 bridgehead atoms. The van der Waals surface area contributed by atoms with Crippen molar-refractivity contribution in [2.75, 3.05) is 0 Å². The summed E-state index contributed by atoms with van der Waals surface area (Å²) in [4.78, 5) is 5.45. The molecule has 290 valence electrons. The summed E-state index contributed by atoms with van der Waals surface area (Å²) in [5.41, 5.74) is 17.2. The Morgan fingerprint density at radius 3 is 1.26 bits per heavy atom. The number of aromatic nitrogens is 3. The number of benzene rings is 9. The van der Waals surface area contributed by atoms with E-state index in [1.54, 1.807) is 0 Å². The molecule has 0 fully saturated rings. The first-order chi connectivity index (χ1) is 30.7. The first-order valence-corrected chi connectivity index (χ1v) is 21.2. The van der Waals surface area contributed by atoms with E-state index in [0.717, 1.165) is 44.9 Å². The second-order valence-electron chi connectivity index (χ2n) is 16.0. The van der Waals surface area contributed by atoms with Gasteiger partial charge in [-0.05, 0) is 99.1 Å². The van der Waals surface area contributed by atoms with Gasteiger partial charge < -0.3 is 4.57 Å². The summed E-state index contributed by atoms with van der Waals surface area (Å²) in [7, 11) is 0. The molecule has 0 saturated heterocycles. The maximum Gasteiger partial charge on any atom is 0.138 e. The predicted octanol–water partition coefficient (Wildman–Crippen LogP) is 15.6. The molecule has 0 aliphatic rings. The van der Waals surface area contributed by atoms with Crippen molar-refractivity contribution in [2.45, 2.75) is 0 Å². The SMILES string of the molecule is c1ccc(-c2ccc(-c3cc(-c4ccccc4)nc(-n4c5ccccc5c5cc6c(cc54)c4ccccc4n6-c4ccc(-c5cccc(-c6ccccc6)c5)cc4)c3)cc2)cc1. The normalized spacial score (nSPS) is 11.5. The zero-order valence-corrected chi connectivity index (χ0v) is 33.9. The standard InChI is InChI=1S/C59H39N3/c1-4-15-40(16-5-1)42-27-29-44(30-28-42)48-36-54(45-19-8-3-9-20-45)60-59(37-48)62-56-26-13-11-24-51(56)53-38-57-52(39-58(53)62)50-23-10-12-25-55(50)61(57)49-33-31-43(32-34-49)47-22-14-21-46(35-47)41-17-6-2-7-18-41/h1-39H. The number of hydrogen-bond acceptors (Lipinski definition) is 1. The maximum atomic E-state index is 5.45. The minimum atomic E-state index is 0.884. The third kappa shape index (κ3) is 6.10. The predicted molar refractivity (Wildman–Crippen MR) is 260 cm³/mol. The lowest BCUT2D eigenvalue weighted by atomic mass is 9.99. The maximum absolute atomic E-state index is 5.45. The van der Waals surface area contributed by atoms with Crippen LogP contribution in [0.5, 0.6) is 0 Å². The Bertz CT molecular complexity index is 3580. The van der Waals surface area contributed by atoms with Crippen molar-refractivity contribution in [1.29, 1.82) is 0 Å². The fourth-order valence-electron chi connectivity index (χ4n) is 9.31. The van der Waals surface area contributed by atoms with E-state index in [9.17, 15) is 0 Å². The minimum absolute atomic E-state index is 0.884. The van der Waals surface area contributed by atoms with Crippen molar-refractivity contribution in [3.63, 3.8) is 0 Å². The molecule has 0 amide bonds. The first kappa shape index (κ1) is 35.7. The Morgan fingerprint density at radius 2 is 0.661 bits per heavy atom. The van der Waals surface area contributed by atoms with Gasteiger partial charge in [0.05, 0.1) is 27.8 Å². The first-order valence-electron chi connectivity index (χ1n) is 21.2. The van der Waals surface area contributed by atoms with Gasteiger partial charge in [0, 0.05) is 32.8 Å². The molecule has 0 saturated carbocycles. The molecule has 3 heteroatoms. The Hall–Kier alpha value is -8.27. The summed E-state index contributed by atoms with van der Waals surface area (Å²) in [6.45, 7) is 0. The Kier molecular flexibility index (Phi) is 8.50. The van der Waals surface area contributed by atoms with Crippen LogP contribution >= 0.6 is 0 Å². The fourth-order valence-corrected chi connectivity index (χ4v) is 9.31. The molecule has 0 radical (unpaired) electrons. The van der Waals surface area contributed by atoms with E-state index in [1.165, 1.54) is 66.0 Å². The molecule has 0 N–H and O–H groups in total. The van der Waals surface area contributed by atoms with Gasteiger partial charge in [-0.2, -0.15) is 0 Å². The Morgan fingerprint density at radius 1 is 0.242 bits per heavy atom. The highest BCUT2D eigenvalue weighted by molar-refractivity contribution is 6.19. The quantitative estimate of drug-likeness (QED) is 0.158. The van der Waals surface area contributed by atoms with Gasteiger partial charge >= 0.3 is 0 Å². The van der Waals surface area contributed by atoms with E-state index < -0.39 is 0 Å². The van der Waals surface area contributed by atoms with Gasteiger partial charge in [0.2, 0.25) is 0 Å². The van der Waals surface area contributed by atoms with Crippen molar-refractivity contribution in [3.8, 4) is 67.3 Å². The van der Waals surface area contributed by atoms with E-state index >= 15 is 0 Å². The fraction of sp³-hybridized carbons (Fsp3) is 0. The molecule has 0 spiro atoms. The molecule has 62 heavy (non-hydrogen) atoms. The van der Waals surface area contributed by atoms with Crippen LogP contribution in [0.2, 0.25) is 0 Å². The Balaban J connectivity index is 1.03. The Labute approximate surface area is 360 Å². The van der Waals surface area contributed by atoms with Crippen molar-refractivity contribution < 1.29 is 0 Å². The average molecular weight is 790 g/mol. The molecular weight excluding hydrogens is 751 g/mol. The summed E-state index contributed by atoms with van der Waals surface area (Å²) in [5.74, 6) is 0.884. The number of pyridine rings is 1. The highest BCUT2D eigenvalue weighted by Crippen LogP contribution is 2.41. The van der Waals surface area contributed by atoms with Crippen molar-refractivity contribution >= 4 is 43.6 Å². The molecule has 12 aromatic rings. The van der Waals surface area contributed by atoms with Crippen LogP contribution in [-0.2, 0) is 0 Å². The van der Waals surface area contributed by atoms with Gasteiger partial charge in [-0.1, -0.05) is 182 Å². The molecule has 9 aromatic carbocycles. The third-order valence-corrected chi connectivity index (χ3v) is 12.3. The van der Waals surface area contributed by atoms with Gasteiger partial charge in [-0.15, -0.1) is 0 Å². The van der Waals surface area contributed by atoms with E-state index in [4.69, 9.17) is 4.98 Å². The molecular formula is C59H39N3. The van der Waals surface area contributed by atoms with E-state index in [0.29, 0.717) is 0 Å². The smallest absolute Gasteiger partial charge is 0.138 e. The molecule has 3 heterocycles. The second-order valence-corrected chi connectivity index (χ2v) is 16.0. The molecule has 0 atom stereocenters. The molecule has 0 aliphatic heterocycles. The van der Waals surface area contributed by atoms with Crippen molar-refractivity contribution in [2.24, 2.45) is 0 Å². The van der Waals surface area contributed by atoms with Crippen LogP contribution in [-0.4, -0.2) is 14.1 Å². The molecule has 3 aromatic heterocycles. The highest BCUT2D eigenvalue weighted by atomic mass is 15.1. The summed E-state index contributed by atoms with van der Waals surface area (Å²) >= 11 is 0. The van der Waals surface area contributed by atoms with Gasteiger partial charge in [0.25, 0.3) is 0 Å². The topological polar surface area (TPSA) is 22.8 Å². The zero-order valence-electron chi connectivity index (χ0n) is 33.9. The van der Waals surface area contributed by atoms with Crippen LogP contribution in [0.3, 0.4) is 0 Å². The van der Waals surface area contributed by atoms with E-state index in [-0.39, 0.29) is 0 Å². The molecule has 0 aliphatic carbocycles. The lowest BCUT2D eigenvalue weighted by molar-refractivity contribution is 1.08. The number of fused-ring (bicyclic) bond motifs is 6. The van der Waals surface area contributed by atoms with Gasteiger partial charge in [0.15, 0.2) is 0 Å². The van der Waals surface area contributed by atoms with Gasteiger partial charge in [-0.3, -0.25) is 4.57 Å². The summed E-state index contributed by atoms with van der Waals surface area (Å²) in [6, 6.07) is 85.2.